The molecule has 0 bridgehead atoms. The van der Waals surface area contributed by atoms with Crippen LogP contribution in [0.25, 0.3) is 16.3 Å². The van der Waals surface area contributed by atoms with Gasteiger partial charge in [-0.15, -0.1) is 21.5 Å². The highest BCUT2D eigenvalue weighted by Gasteiger charge is 2.18. The van der Waals surface area contributed by atoms with Crippen molar-refractivity contribution in [3.8, 4) is 10.7 Å². The highest BCUT2D eigenvalue weighted by atomic mass is 32.1. The molecule has 0 spiro atoms. The third-order valence-electron chi connectivity index (χ3n) is 3.87. The molecule has 3 heterocycles. The summed E-state index contributed by atoms with van der Waals surface area (Å²) in [6.07, 6.45) is 6.34. The molecule has 4 rings (SSSR count). The highest BCUT2D eigenvalue weighted by Crippen LogP contribution is 2.35. The number of aromatic nitrogens is 3. The van der Waals surface area contributed by atoms with Gasteiger partial charge in [0.05, 0.1) is 10.4 Å². The molecule has 0 saturated carbocycles. The van der Waals surface area contributed by atoms with Gasteiger partial charge in [-0.2, -0.15) is 0 Å². The van der Waals surface area contributed by atoms with Gasteiger partial charge >= 0.3 is 5.97 Å². The zero-order chi connectivity index (χ0) is 14.4. The van der Waals surface area contributed by atoms with E-state index < -0.39 is 5.97 Å². The molecule has 1 aliphatic rings. The molecule has 0 radical (unpaired) electrons. The Morgan fingerprint density at radius 3 is 2.90 bits per heavy atom. The highest BCUT2D eigenvalue weighted by molar-refractivity contribution is 7.15. The number of hydrogen-bond donors (Lipinski definition) is 1. The molecule has 0 aromatic carbocycles. The molecular formula is C15H13N3O2S. The quantitative estimate of drug-likeness (QED) is 0.789. The van der Waals surface area contributed by atoms with Crippen LogP contribution in [0.4, 0.5) is 0 Å². The van der Waals surface area contributed by atoms with Crippen molar-refractivity contribution < 1.29 is 9.90 Å². The van der Waals surface area contributed by atoms with E-state index in [1.807, 2.05) is 0 Å². The zero-order valence-electron chi connectivity index (χ0n) is 11.2. The Bertz CT molecular complexity index is 826. The van der Waals surface area contributed by atoms with Crippen molar-refractivity contribution in [3.63, 3.8) is 0 Å². The van der Waals surface area contributed by atoms with E-state index >= 15 is 0 Å². The SMILES string of the molecule is O=C(O)c1ccc2nnc(-c3cc4c(s3)CCCC4)n2c1. The minimum Gasteiger partial charge on any atom is -0.478 e. The lowest BCUT2D eigenvalue weighted by Crippen LogP contribution is -1.99. The van der Waals surface area contributed by atoms with Crippen molar-refractivity contribution in [2.45, 2.75) is 25.7 Å². The number of fused-ring (bicyclic) bond motifs is 2. The molecule has 3 aromatic rings. The maximum atomic E-state index is 11.1. The number of carboxylic acids is 1. The maximum absolute atomic E-state index is 11.1. The first-order valence-electron chi connectivity index (χ1n) is 6.92. The summed E-state index contributed by atoms with van der Waals surface area (Å²) in [6.45, 7) is 0. The smallest absolute Gasteiger partial charge is 0.337 e. The van der Waals surface area contributed by atoms with Crippen LogP contribution >= 0.6 is 11.3 Å². The van der Waals surface area contributed by atoms with Crippen LogP contribution < -0.4 is 0 Å². The first kappa shape index (κ1) is 12.5. The summed E-state index contributed by atoms with van der Waals surface area (Å²) >= 11 is 1.75. The molecule has 0 fully saturated rings. The van der Waals surface area contributed by atoms with E-state index in [0.29, 0.717) is 5.65 Å². The van der Waals surface area contributed by atoms with Crippen LogP contribution in [0, 0.1) is 0 Å². The van der Waals surface area contributed by atoms with Crippen molar-refractivity contribution in [2.75, 3.05) is 0 Å². The Balaban J connectivity index is 1.87. The van der Waals surface area contributed by atoms with Crippen LogP contribution in [0.1, 0.15) is 33.6 Å². The van der Waals surface area contributed by atoms with Crippen molar-refractivity contribution in [1.29, 1.82) is 0 Å². The number of aromatic carboxylic acids is 1. The minimum absolute atomic E-state index is 0.241. The van der Waals surface area contributed by atoms with Gasteiger partial charge in [0.1, 0.15) is 0 Å². The van der Waals surface area contributed by atoms with Gasteiger partial charge in [0.15, 0.2) is 11.5 Å². The molecular weight excluding hydrogens is 286 g/mol. The number of carbonyl (C=O) groups is 1. The van der Waals surface area contributed by atoms with E-state index in [0.717, 1.165) is 23.5 Å². The molecule has 0 unspecified atom stereocenters. The summed E-state index contributed by atoms with van der Waals surface area (Å²) in [4.78, 5) is 13.6. The van der Waals surface area contributed by atoms with Gasteiger partial charge in [-0.25, -0.2) is 4.79 Å². The lowest BCUT2D eigenvalue weighted by Gasteiger charge is -2.08. The number of nitrogens with zero attached hydrogens (tertiary/aromatic N) is 3. The van der Waals surface area contributed by atoms with Crippen molar-refractivity contribution in [2.24, 2.45) is 0 Å². The third kappa shape index (κ3) is 2.03. The van der Waals surface area contributed by atoms with E-state index in [-0.39, 0.29) is 5.56 Å². The number of aryl methyl sites for hydroxylation is 2. The molecule has 21 heavy (non-hydrogen) atoms. The van der Waals surface area contributed by atoms with Crippen molar-refractivity contribution in [1.82, 2.24) is 14.6 Å². The summed E-state index contributed by atoms with van der Waals surface area (Å²) in [7, 11) is 0. The fourth-order valence-corrected chi connectivity index (χ4v) is 4.02. The minimum atomic E-state index is -0.943. The molecule has 0 aliphatic heterocycles. The summed E-state index contributed by atoms with van der Waals surface area (Å²) < 4.78 is 1.76. The van der Waals surface area contributed by atoms with Crippen LogP contribution in [-0.4, -0.2) is 25.7 Å². The van der Waals surface area contributed by atoms with E-state index in [9.17, 15) is 4.79 Å². The number of carboxylic acid groups (broad SMARTS) is 1. The van der Waals surface area contributed by atoms with E-state index in [2.05, 4.69) is 16.3 Å². The lowest BCUT2D eigenvalue weighted by molar-refractivity contribution is 0.0696. The fraction of sp³-hybridized carbons (Fsp3) is 0.267. The number of hydrogen-bond acceptors (Lipinski definition) is 4. The first-order chi connectivity index (χ1) is 10.2. The van der Waals surface area contributed by atoms with Crippen molar-refractivity contribution >= 4 is 23.0 Å². The Morgan fingerprint density at radius 1 is 1.24 bits per heavy atom. The maximum Gasteiger partial charge on any atom is 0.337 e. The second kappa shape index (κ2) is 4.66. The average Bonchev–Trinajstić information content (AvgIpc) is 3.09. The average molecular weight is 299 g/mol. The summed E-state index contributed by atoms with van der Waals surface area (Å²) in [5.41, 5.74) is 2.32. The van der Waals surface area contributed by atoms with Crippen LogP contribution in [-0.2, 0) is 12.8 Å². The standard InChI is InChI=1S/C15H13N3O2S/c19-15(20)10-5-6-13-16-17-14(18(13)8-10)12-7-9-3-1-2-4-11(9)21-12/h5-8H,1-4H2,(H,19,20). The molecule has 6 heteroatoms. The van der Waals surface area contributed by atoms with Crippen LogP contribution in [0.15, 0.2) is 24.4 Å². The molecule has 5 nitrogen and oxygen atoms in total. The van der Waals surface area contributed by atoms with Crippen LogP contribution in [0.3, 0.4) is 0 Å². The first-order valence-corrected chi connectivity index (χ1v) is 7.74. The predicted molar refractivity (Wildman–Crippen MR) is 79.9 cm³/mol. The summed E-state index contributed by atoms with van der Waals surface area (Å²) in [5, 5.41) is 17.5. The van der Waals surface area contributed by atoms with Crippen molar-refractivity contribution in [3.05, 3.63) is 40.4 Å². The second-order valence-electron chi connectivity index (χ2n) is 5.24. The molecule has 0 saturated heterocycles. The molecule has 1 aliphatic carbocycles. The monoisotopic (exact) mass is 299 g/mol. The van der Waals surface area contributed by atoms with Gasteiger partial charge in [-0.1, -0.05) is 0 Å². The topological polar surface area (TPSA) is 67.5 Å². The number of thiophene rings is 1. The summed E-state index contributed by atoms with van der Waals surface area (Å²) in [5.74, 6) is -0.213. The predicted octanol–water partition coefficient (Wildman–Crippen LogP) is 3.03. The molecule has 0 amide bonds. The van der Waals surface area contributed by atoms with Gasteiger partial charge < -0.3 is 5.11 Å². The Labute approximate surface area is 124 Å². The Kier molecular flexibility index (Phi) is 2.78. The number of rotatable bonds is 2. The van der Waals surface area contributed by atoms with E-state index in [1.54, 1.807) is 34.1 Å². The Morgan fingerprint density at radius 2 is 2.10 bits per heavy atom. The summed E-state index contributed by atoms with van der Waals surface area (Å²) in [6, 6.07) is 5.42. The normalized spacial score (nSPS) is 14.3. The van der Waals surface area contributed by atoms with Gasteiger partial charge in [0.25, 0.3) is 0 Å². The van der Waals surface area contributed by atoms with Gasteiger partial charge in [-0.3, -0.25) is 4.40 Å². The number of pyridine rings is 1. The molecule has 0 atom stereocenters. The molecule has 106 valence electrons. The van der Waals surface area contributed by atoms with Gasteiger partial charge in [-0.05, 0) is 49.4 Å². The van der Waals surface area contributed by atoms with Gasteiger partial charge in [0, 0.05) is 11.1 Å². The lowest BCUT2D eigenvalue weighted by atomic mass is 9.99. The van der Waals surface area contributed by atoms with Crippen LogP contribution in [0.2, 0.25) is 0 Å². The van der Waals surface area contributed by atoms with Gasteiger partial charge in [0.2, 0.25) is 0 Å². The fourth-order valence-electron chi connectivity index (χ4n) is 2.79. The third-order valence-corrected chi connectivity index (χ3v) is 5.10. The van der Waals surface area contributed by atoms with E-state index in [1.165, 1.54) is 23.3 Å². The molecule has 1 N–H and O–H groups in total. The van der Waals surface area contributed by atoms with E-state index in [4.69, 9.17) is 5.11 Å². The molecule has 3 aromatic heterocycles. The zero-order valence-corrected chi connectivity index (χ0v) is 12.1. The largest absolute Gasteiger partial charge is 0.478 e. The van der Waals surface area contributed by atoms with Crippen LogP contribution in [0.5, 0.6) is 0 Å². The Hall–Kier alpha value is -2.21. The second-order valence-corrected chi connectivity index (χ2v) is 6.38.